The Hall–Kier alpha value is -2.32. The van der Waals surface area contributed by atoms with Gasteiger partial charge in [-0.15, -0.1) is 17.8 Å². The zero-order chi connectivity index (χ0) is 15.9. The SMILES string of the molecule is C#CCN(CCC(=O)O)c1nc(-c2ccc(CC)cc2)cs1. The van der Waals surface area contributed by atoms with Crippen LogP contribution in [0.4, 0.5) is 5.13 Å². The van der Waals surface area contributed by atoms with Crippen LogP contribution in [-0.2, 0) is 11.2 Å². The lowest BCUT2D eigenvalue weighted by Crippen LogP contribution is -2.26. The first-order chi connectivity index (χ1) is 10.6. The number of benzene rings is 1. The Morgan fingerprint density at radius 3 is 2.73 bits per heavy atom. The largest absolute Gasteiger partial charge is 0.481 e. The molecule has 2 rings (SSSR count). The van der Waals surface area contributed by atoms with Crippen LogP contribution < -0.4 is 4.90 Å². The summed E-state index contributed by atoms with van der Waals surface area (Å²) in [6, 6.07) is 8.30. The second-order valence-electron chi connectivity index (χ2n) is 4.84. The molecule has 1 aromatic carbocycles. The molecule has 0 saturated heterocycles. The zero-order valence-electron chi connectivity index (χ0n) is 12.5. The Morgan fingerprint density at radius 1 is 1.41 bits per heavy atom. The fraction of sp³-hybridized carbons (Fsp3) is 0.294. The molecule has 22 heavy (non-hydrogen) atoms. The maximum absolute atomic E-state index is 10.7. The quantitative estimate of drug-likeness (QED) is 0.797. The molecule has 2 aromatic rings. The van der Waals surface area contributed by atoms with E-state index in [2.05, 4.69) is 42.1 Å². The third-order valence-electron chi connectivity index (χ3n) is 3.30. The van der Waals surface area contributed by atoms with Gasteiger partial charge in [-0.2, -0.15) is 0 Å². The summed E-state index contributed by atoms with van der Waals surface area (Å²) < 4.78 is 0. The van der Waals surface area contributed by atoms with Gasteiger partial charge < -0.3 is 10.0 Å². The van der Waals surface area contributed by atoms with Crippen LogP contribution in [0.5, 0.6) is 0 Å². The third-order valence-corrected chi connectivity index (χ3v) is 4.20. The number of carboxylic acids is 1. The maximum atomic E-state index is 10.7. The maximum Gasteiger partial charge on any atom is 0.305 e. The summed E-state index contributed by atoms with van der Waals surface area (Å²) in [5, 5.41) is 11.5. The Balaban J connectivity index is 2.16. The van der Waals surface area contributed by atoms with Gasteiger partial charge in [0.25, 0.3) is 0 Å². The number of nitrogens with zero attached hydrogens (tertiary/aromatic N) is 2. The molecule has 1 N–H and O–H groups in total. The summed E-state index contributed by atoms with van der Waals surface area (Å²) in [6.45, 7) is 2.84. The highest BCUT2D eigenvalue weighted by Crippen LogP contribution is 2.27. The molecule has 1 aromatic heterocycles. The van der Waals surface area contributed by atoms with Crippen LogP contribution in [-0.4, -0.2) is 29.1 Å². The minimum Gasteiger partial charge on any atom is -0.481 e. The van der Waals surface area contributed by atoms with Crippen molar-refractivity contribution in [1.29, 1.82) is 0 Å². The van der Waals surface area contributed by atoms with Crippen molar-refractivity contribution in [3.05, 3.63) is 35.2 Å². The van der Waals surface area contributed by atoms with Gasteiger partial charge in [0.15, 0.2) is 5.13 Å². The summed E-state index contributed by atoms with van der Waals surface area (Å²) in [5.41, 5.74) is 3.23. The molecule has 0 atom stereocenters. The molecule has 0 spiro atoms. The minimum atomic E-state index is -0.839. The second kappa shape index (κ2) is 7.62. The standard InChI is InChI=1S/C17H18N2O2S/c1-3-10-19(11-9-16(20)21)17-18-15(12-22-17)14-7-5-13(4-2)6-8-14/h1,5-8,12H,4,9-11H2,2H3,(H,20,21). The first kappa shape index (κ1) is 16.1. The molecular formula is C17H18N2O2S. The van der Waals surface area contributed by atoms with E-state index in [1.165, 1.54) is 16.9 Å². The van der Waals surface area contributed by atoms with Gasteiger partial charge in [0, 0.05) is 17.5 Å². The molecule has 4 nitrogen and oxygen atoms in total. The van der Waals surface area contributed by atoms with Crippen molar-refractivity contribution in [2.75, 3.05) is 18.0 Å². The summed E-state index contributed by atoms with van der Waals surface area (Å²) in [6.07, 6.45) is 6.41. The van der Waals surface area contributed by atoms with Gasteiger partial charge in [0.2, 0.25) is 0 Å². The number of thiazole rings is 1. The van der Waals surface area contributed by atoms with Gasteiger partial charge in [-0.25, -0.2) is 4.98 Å². The average molecular weight is 314 g/mol. The molecule has 0 radical (unpaired) electrons. The topological polar surface area (TPSA) is 53.4 Å². The van der Waals surface area contributed by atoms with Crippen molar-refractivity contribution in [2.24, 2.45) is 0 Å². The molecule has 1 heterocycles. The van der Waals surface area contributed by atoms with E-state index in [1.807, 2.05) is 10.3 Å². The summed E-state index contributed by atoms with van der Waals surface area (Å²) >= 11 is 1.48. The number of aromatic nitrogens is 1. The molecule has 114 valence electrons. The van der Waals surface area contributed by atoms with E-state index >= 15 is 0 Å². The molecule has 0 aliphatic rings. The Bertz CT molecular complexity index is 671. The van der Waals surface area contributed by atoms with Crippen LogP contribution in [0, 0.1) is 12.3 Å². The summed E-state index contributed by atoms with van der Waals surface area (Å²) in [7, 11) is 0. The molecule has 0 aliphatic carbocycles. The van der Waals surface area contributed by atoms with E-state index in [1.54, 1.807) is 0 Å². The lowest BCUT2D eigenvalue weighted by atomic mass is 10.1. The van der Waals surface area contributed by atoms with Crippen molar-refractivity contribution in [3.8, 4) is 23.6 Å². The zero-order valence-corrected chi connectivity index (χ0v) is 13.3. The number of anilines is 1. The van der Waals surface area contributed by atoms with E-state index < -0.39 is 5.97 Å². The predicted molar refractivity (Wildman–Crippen MR) is 90.2 cm³/mol. The van der Waals surface area contributed by atoms with Crippen molar-refractivity contribution in [2.45, 2.75) is 19.8 Å². The highest BCUT2D eigenvalue weighted by Gasteiger charge is 2.12. The third kappa shape index (κ3) is 4.09. The van der Waals surface area contributed by atoms with Crippen molar-refractivity contribution in [3.63, 3.8) is 0 Å². The van der Waals surface area contributed by atoms with E-state index in [4.69, 9.17) is 11.5 Å². The fourth-order valence-electron chi connectivity index (χ4n) is 2.04. The number of rotatable bonds is 7. The first-order valence-electron chi connectivity index (χ1n) is 7.09. The molecule has 0 aliphatic heterocycles. The number of hydrogen-bond acceptors (Lipinski definition) is 4. The predicted octanol–water partition coefficient (Wildman–Crippen LogP) is 3.29. The van der Waals surface area contributed by atoms with E-state index in [0.29, 0.717) is 13.1 Å². The van der Waals surface area contributed by atoms with Gasteiger partial charge in [0.1, 0.15) is 0 Å². The Morgan fingerprint density at radius 2 is 2.14 bits per heavy atom. The van der Waals surface area contributed by atoms with Crippen molar-refractivity contribution >= 4 is 22.4 Å². The summed E-state index contributed by atoms with van der Waals surface area (Å²) in [5.74, 6) is 1.71. The molecule has 0 bridgehead atoms. The number of aryl methyl sites for hydroxylation is 1. The number of aliphatic carboxylic acids is 1. The Kier molecular flexibility index (Phi) is 5.56. The van der Waals surface area contributed by atoms with Crippen LogP contribution in [0.25, 0.3) is 11.3 Å². The van der Waals surface area contributed by atoms with Gasteiger partial charge >= 0.3 is 5.97 Å². The smallest absolute Gasteiger partial charge is 0.305 e. The van der Waals surface area contributed by atoms with Crippen LogP contribution >= 0.6 is 11.3 Å². The highest BCUT2D eigenvalue weighted by atomic mass is 32.1. The van der Waals surface area contributed by atoms with Gasteiger partial charge in [-0.3, -0.25) is 4.79 Å². The van der Waals surface area contributed by atoms with Gasteiger partial charge in [0.05, 0.1) is 18.7 Å². The first-order valence-corrected chi connectivity index (χ1v) is 7.97. The average Bonchev–Trinajstić information content (AvgIpc) is 3.01. The lowest BCUT2D eigenvalue weighted by Gasteiger charge is -2.17. The number of hydrogen-bond donors (Lipinski definition) is 1. The van der Waals surface area contributed by atoms with Gasteiger partial charge in [-0.1, -0.05) is 37.1 Å². The molecule has 0 unspecified atom stereocenters. The molecule has 0 amide bonds. The van der Waals surface area contributed by atoms with Gasteiger partial charge in [-0.05, 0) is 12.0 Å². The van der Waals surface area contributed by atoms with Crippen LogP contribution in [0.1, 0.15) is 18.9 Å². The van der Waals surface area contributed by atoms with E-state index in [9.17, 15) is 4.79 Å². The fourth-order valence-corrected chi connectivity index (χ4v) is 2.90. The number of carbonyl (C=O) groups is 1. The number of carboxylic acid groups (broad SMARTS) is 1. The normalized spacial score (nSPS) is 10.2. The summed E-state index contributed by atoms with van der Waals surface area (Å²) in [4.78, 5) is 17.1. The van der Waals surface area contributed by atoms with Crippen LogP contribution in [0.15, 0.2) is 29.6 Å². The molecule has 0 fully saturated rings. The van der Waals surface area contributed by atoms with Crippen LogP contribution in [0.2, 0.25) is 0 Å². The lowest BCUT2D eigenvalue weighted by molar-refractivity contribution is -0.136. The van der Waals surface area contributed by atoms with Crippen molar-refractivity contribution in [1.82, 2.24) is 4.98 Å². The minimum absolute atomic E-state index is 0.0434. The van der Waals surface area contributed by atoms with E-state index in [-0.39, 0.29) is 6.42 Å². The number of terminal acetylenes is 1. The molecular weight excluding hydrogens is 296 g/mol. The van der Waals surface area contributed by atoms with Crippen molar-refractivity contribution < 1.29 is 9.90 Å². The second-order valence-corrected chi connectivity index (χ2v) is 5.67. The Labute approximate surface area is 134 Å². The van der Waals surface area contributed by atoms with Crippen LogP contribution in [0.3, 0.4) is 0 Å². The molecule has 0 saturated carbocycles. The highest BCUT2D eigenvalue weighted by molar-refractivity contribution is 7.14. The monoisotopic (exact) mass is 314 g/mol. The molecule has 5 heteroatoms. The van der Waals surface area contributed by atoms with E-state index in [0.717, 1.165) is 22.8 Å².